The van der Waals surface area contributed by atoms with Gasteiger partial charge in [0.25, 0.3) is 0 Å². The molecule has 1 aliphatic rings. The number of hydrogen-bond donors (Lipinski definition) is 2. The third-order valence-electron chi connectivity index (χ3n) is 4.42. The smallest absolute Gasteiger partial charge is 0.326 e. The van der Waals surface area contributed by atoms with Crippen molar-refractivity contribution in [3.05, 3.63) is 54.2 Å². The first-order valence-corrected chi connectivity index (χ1v) is 8.52. The molecule has 0 saturated carbocycles. The molecule has 0 fully saturated rings. The quantitative estimate of drug-likeness (QED) is 0.809. The largest absolute Gasteiger partial charge is 0.480 e. The second-order valence-corrected chi connectivity index (χ2v) is 6.34. The molecule has 0 spiro atoms. The molecule has 7 heteroatoms. The van der Waals surface area contributed by atoms with Crippen LogP contribution in [-0.2, 0) is 16.0 Å². The van der Waals surface area contributed by atoms with Crippen LogP contribution in [0.4, 0.5) is 11.5 Å². The number of nitrogens with zero attached hydrogens (tertiary/aromatic N) is 3. The fraction of sp³-hybridized carbons (Fsp3) is 0.316. The Hall–Kier alpha value is -3.09. The number of likely N-dealkylation sites (N-methyl/N-ethyl adjacent to an activating group) is 1. The van der Waals surface area contributed by atoms with Gasteiger partial charge in [-0.1, -0.05) is 30.3 Å². The van der Waals surface area contributed by atoms with E-state index < -0.39 is 12.0 Å². The van der Waals surface area contributed by atoms with Gasteiger partial charge in [0, 0.05) is 32.8 Å². The third kappa shape index (κ3) is 4.11. The molecule has 2 heterocycles. The SMILES string of the molecule is CN1CCN(CC(=O)N[C@@H](Cc2ccccc2)C(=O)O)c2cccnc21. The number of anilines is 2. The highest BCUT2D eigenvalue weighted by Gasteiger charge is 2.25. The fourth-order valence-electron chi connectivity index (χ4n) is 3.05. The number of benzene rings is 1. The van der Waals surface area contributed by atoms with Crippen molar-refractivity contribution in [3.63, 3.8) is 0 Å². The average Bonchev–Trinajstić information content (AvgIpc) is 2.64. The number of carbonyl (C=O) groups excluding carboxylic acids is 1. The predicted molar refractivity (Wildman–Crippen MR) is 99.4 cm³/mol. The van der Waals surface area contributed by atoms with E-state index in [4.69, 9.17) is 0 Å². The zero-order valence-electron chi connectivity index (χ0n) is 14.6. The predicted octanol–water partition coefficient (Wildman–Crippen LogP) is 1.15. The Bertz CT molecular complexity index is 781. The van der Waals surface area contributed by atoms with Crippen LogP contribution in [0.5, 0.6) is 0 Å². The van der Waals surface area contributed by atoms with Crippen molar-refractivity contribution >= 4 is 23.4 Å². The van der Waals surface area contributed by atoms with Crippen LogP contribution in [0.2, 0.25) is 0 Å². The van der Waals surface area contributed by atoms with Crippen LogP contribution in [0.1, 0.15) is 5.56 Å². The maximum Gasteiger partial charge on any atom is 0.326 e. The van der Waals surface area contributed by atoms with Gasteiger partial charge in [-0.25, -0.2) is 9.78 Å². The van der Waals surface area contributed by atoms with Crippen molar-refractivity contribution < 1.29 is 14.7 Å². The summed E-state index contributed by atoms with van der Waals surface area (Å²) in [6.07, 6.45) is 1.97. The summed E-state index contributed by atoms with van der Waals surface area (Å²) < 4.78 is 0. The van der Waals surface area contributed by atoms with Crippen molar-refractivity contribution in [1.82, 2.24) is 10.3 Å². The van der Waals surface area contributed by atoms with E-state index in [0.29, 0.717) is 6.54 Å². The van der Waals surface area contributed by atoms with Gasteiger partial charge in [0.1, 0.15) is 6.04 Å². The molecule has 1 atom stereocenters. The van der Waals surface area contributed by atoms with E-state index >= 15 is 0 Å². The Morgan fingerprint density at radius 3 is 2.69 bits per heavy atom. The van der Waals surface area contributed by atoms with Crippen LogP contribution in [-0.4, -0.2) is 54.7 Å². The first-order chi connectivity index (χ1) is 12.5. The van der Waals surface area contributed by atoms with Crippen molar-refractivity contribution in [2.45, 2.75) is 12.5 Å². The number of rotatable bonds is 6. The molecule has 0 unspecified atom stereocenters. The van der Waals surface area contributed by atoms with E-state index in [1.165, 1.54) is 0 Å². The van der Waals surface area contributed by atoms with Gasteiger partial charge in [-0.15, -0.1) is 0 Å². The number of hydrogen-bond acceptors (Lipinski definition) is 5. The first kappa shape index (κ1) is 17.7. The van der Waals surface area contributed by atoms with E-state index in [1.807, 2.05) is 59.3 Å². The molecule has 2 aromatic rings. The summed E-state index contributed by atoms with van der Waals surface area (Å²) in [5, 5.41) is 12.1. The number of fused-ring (bicyclic) bond motifs is 1. The third-order valence-corrected chi connectivity index (χ3v) is 4.42. The van der Waals surface area contributed by atoms with Crippen LogP contribution >= 0.6 is 0 Å². The van der Waals surface area contributed by atoms with E-state index in [-0.39, 0.29) is 18.9 Å². The van der Waals surface area contributed by atoms with Gasteiger partial charge in [-0.05, 0) is 17.7 Å². The van der Waals surface area contributed by atoms with Crippen LogP contribution in [0.3, 0.4) is 0 Å². The molecule has 0 radical (unpaired) electrons. The normalized spacial score (nSPS) is 14.5. The van der Waals surface area contributed by atoms with Crippen molar-refractivity contribution in [1.29, 1.82) is 0 Å². The molecule has 26 heavy (non-hydrogen) atoms. The number of aromatic nitrogens is 1. The molecular formula is C19H22N4O3. The molecule has 7 nitrogen and oxygen atoms in total. The Balaban J connectivity index is 1.66. The van der Waals surface area contributed by atoms with Crippen molar-refractivity contribution in [2.24, 2.45) is 0 Å². The molecule has 136 valence electrons. The lowest BCUT2D eigenvalue weighted by molar-refractivity contribution is -0.141. The summed E-state index contributed by atoms with van der Waals surface area (Å²) in [4.78, 5) is 32.3. The standard InChI is InChI=1S/C19H22N4O3/c1-22-10-11-23(16-8-5-9-20-18(16)22)13-17(24)21-15(19(25)26)12-14-6-3-2-4-7-14/h2-9,15H,10-13H2,1H3,(H,21,24)(H,25,26)/t15-/m0/s1. The number of aliphatic carboxylic acids is 1. The number of nitrogens with one attached hydrogen (secondary N) is 1. The fourth-order valence-corrected chi connectivity index (χ4v) is 3.05. The summed E-state index contributed by atoms with van der Waals surface area (Å²) in [7, 11) is 1.96. The van der Waals surface area contributed by atoms with E-state index in [9.17, 15) is 14.7 Å². The van der Waals surface area contributed by atoms with Crippen LogP contribution in [0.25, 0.3) is 0 Å². The lowest BCUT2D eigenvalue weighted by Crippen LogP contribution is -2.49. The molecule has 0 bridgehead atoms. The number of pyridine rings is 1. The average molecular weight is 354 g/mol. The Morgan fingerprint density at radius 1 is 1.19 bits per heavy atom. The highest BCUT2D eigenvalue weighted by atomic mass is 16.4. The van der Waals surface area contributed by atoms with E-state index in [0.717, 1.165) is 23.6 Å². The molecule has 1 amide bonds. The Labute approximate surface area is 152 Å². The summed E-state index contributed by atoms with van der Waals surface area (Å²) >= 11 is 0. The Morgan fingerprint density at radius 2 is 1.96 bits per heavy atom. The van der Waals surface area contributed by atoms with Gasteiger partial charge in [0.15, 0.2) is 5.82 Å². The minimum Gasteiger partial charge on any atom is -0.480 e. The highest BCUT2D eigenvalue weighted by Crippen LogP contribution is 2.28. The van der Waals surface area contributed by atoms with Gasteiger partial charge < -0.3 is 20.2 Å². The first-order valence-electron chi connectivity index (χ1n) is 8.52. The summed E-state index contributed by atoms with van der Waals surface area (Å²) in [6, 6.07) is 12.1. The lowest BCUT2D eigenvalue weighted by atomic mass is 10.1. The van der Waals surface area contributed by atoms with Gasteiger partial charge in [0.2, 0.25) is 5.91 Å². The van der Waals surface area contributed by atoms with Crippen molar-refractivity contribution in [3.8, 4) is 0 Å². The molecule has 3 rings (SSSR count). The molecule has 1 aromatic carbocycles. The second-order valence-electron chi connectivity index (χ2n) is 6.34. The molecule has 2 N–H and O–H groups in total. The summed E-state index contributed by atoms with van der Waals surface area (Å²) in [6.45, 7) is 1.54. The van der Waals surface area contributed by atoms with Crippen LogP contribution < -0.4 is 15.1 Å². The van der Waals surface area contributed by atoms with Gasteiger partial charge in [-0.2, -0.15) is 0 Å². The summed E-state index contributed by atoms with van der Waals surface area (Å²) in [5.41, 5.74) is 1.75. The zero-order valence-corrected chi connectivity index (χ0v) is 14.6. The van der Waals surface area contributed by atoms with E-state index in [2.05, 4.69) is 10.3 Å². The lowest BCUT2D eigenvalue weighted by Gasteiger charge is -2.35. The molecule has 1 aliphatic heterocycles. The maximum absolute atomic E-state index is 12.5. The number of amides is 1. The Kier molecular flexibility index (Phi) is 5.36. The topological polar surface area (TPSA) is 85.8 Å². The highest BCUT2D eigenvalue weighted by molar-refractivity contribution is 5.87. The maximum atomic E-state index is 12.5. The molecule has 0 saturated heterocycles. The van der Waals surface area contributed by atoms with Crippen LogP contribution in [0, 0.1) is 0 Å². The molecule has 1 aromatic heterocycles. The zero-order chi connectivity index (χ0) is 18.5. The minimum absolute atomic E-state index is 0.102. The van der Waals surface area contributed by atoms with Crippen molar-refractivity contribution in [2.75, 3.05) is 36.5 Å². The number of carbonyl (C=O) groups is 2. The van der Waals surface area contributed by atoms with Crippen LogP contribution in [0.15, 0.2) is 48.7 Å². The van der Waals surface area contributed by atoms with E-state index in [1.54, 1.807) is 6.20 Å². The van der Waals surface area contributed by atoms with Gasteiger partial charge in [0.05, 0.1) is 12.2 Å². The summed E-state index contributed by atoms with van der Waals surface area (Å²) in [5.74, 6) is -0.527. The minimum atomic E-state index is -1.04. The van der Waals surface area contributed by atoms with Gasteiger partial charge in [-0.3, -0.25) is 4.79 Å². The second kappa shape index (κ2) is 7.86. The molecule has 0 aliphatic carbocycles. The monoisotopic (exact) mass is 354 g/mol. The van der Waals surface area contributed by atoms with Gasteiger partial charge >= 0.3 is 5.97 Å². The molecular weight excluding hydrogens is 332 g/mol. The number of carboxylic acid groups (broad SMARTS) is 1. The number of carboxylic acids is 1.